The standard InChI is InChI=1S/C23H18N2O5S2/c1-30-21-12(19(28)23-25-14-7-3-5-9-16(14)32-23)10-11(17(26)20(21)29)18(27)22-24-13-6-2-4-8-15(13)31-22/h2-10,18-19,26-29H,1H3. The number of ether oxygens (including phenoxy) is 1. The summed E-state index contributed by atoms with van der Waals surface area (Å²) in [4.78, 5) is 8.91. The van der Waals surface area contributed by atoms with Crippen LogP contribution in [0.25, 0.3) is 20.4 Å². The van der Waals surface area contributed by atoms with Crippen LogP contribution in [0.2, 0.25) is 0 Å². The number of para-hydroxylation sites is 2. The summed E-state index contributed by atoms with van der Waals surface area (Å²) in [5.74, 6) is -1.19. The SMILES string of the molecule is COc1c(C(O)c2nc3ccccc3s2)cc(C(O)c2nc3ccccc3s2)c(O)c1O. The van der Waals surface area contributed by atoms with E-state index in [2.05, 4.69) is 9.97 Å². The van der Waals surface area contributed by atoms with E-state index in [0.29, 0.717) is 10.0 Å². The van der Waals surface area contributed by atoms with Crippen molar-refractivity contribution < 1.29 is 25.2 Å². The van der Waals surface area contributed by atoms with Gasteiger partial charge >= 0.3 is 0 Å². The maximum atomic E-state index is 11.1. The fourth-order valence-electron chi connectivity index (χ4n) is 3.59. The van der Waals surface area contributed by atoms with Gasteiger partial charge in [0.05, 0.1) is 27.5 Å². The summed E-state index contributed by atoms with van der Waals surface area (Å²) in [6.45, 7) is 0. The average Bonchev–Trinajstić information content (AvgIpc) is 3.44. The molecule has 5 aromatic rings. The van der Waals surface area contributed by atoms with Crippen molar-refractivity contribution in [1.82, 2.24) is 9.97 Å². The Balaban J connectivity index is 1.62. The van der Waals surface area contributed by atoms with E-state index < -0.39 is 23.7 Å². The van der Waals surface area contributed by atoms with Gasteiger partial charge in [-0.3, -0.25) is 0 Å². The number of phenols is 2. The Bertz CT molecular complexity index is 1380. The van der Waals surface area contributed by atoms with Crippen molar-refractivity contribution in [3.8, 4) is 17.2 Å². The molecule has 0 amide bonds. The van der Waals surface area contributed by atoms with Crippen LogP contribution in [0.15, 0.2) is 54.6 Å². The fraction of sp³-hybridized carbons (Fsp3) is 0.130. The molecule has 162 valence electrons. The molecule has 2 atom stereocenters. The van der Waals surface area contributed by atoms with Gasteiger partial charge in [0.25, 0.3) is 0 Å². The highest BCUT2D eigenvalue weighted by Crippen LogP contribution is 2.48. The topological polar surface area (TPSA) is 116 Å². The zero-order valence-corrected chi connectivity index (χ0v) is 18.4. The average molecular weight is 467 g/mol. The van der Waals surface area contributed by atoms with E-state index in [0.717, 1.165) is 20.4 Å². The lowest BCUT2D eigenvalue weighted by atomic mass is 9.99. The number of hydrogen-bond donors (Lipinski definition) is 4. The van der Waals surface area contributed by atoms with Crippen LogP contribution in [0.5, 0.6) is 17.2 Å². The van der Waals surface area contributed by atoms with Crippen molar-refractivity contribution in [1.29, 1.82) is 0 Å². The lowest BCUT2D eigenvalue weighted by Gasteiger charge is -2.19. The Kier molecular flexibility index (Phi) is 5.18. The third-order valence-corrected chi connectivity index (χ3v) is 7.35. The zero-order valence-electron chi connectivity index (χ0n) is 16.8. The van der Waals surface area contributed by atoms with Crippen molar-refractivity contribution in [3.63, 3.8) is 0 Å². The van der Waals surface area contributed by atoms with Gasteiger partial charge in [0.15, 0.2) is 11.5 Å². The number of fused-ring (bicyclic) bond motifs is 2. The highest BCUT2D eigenvalue weighted by atomic mass is 32.1. The zero-order chi connectivity index (χ0) is 22.4. The number of hydrogen-bond acceptors (Lipinski definition) is 9. The molecule has 0 fully saturated rings. The lowest BCUT2D eigenvalue weighted by molar-refractivity contribution is 0.203. The minimum Gasteiger partial charge on any atom is -0.504 e. The highest BCUT2D eigenvalue weighted by Gasteiger charge is 2.29. The van der Waals surface area contributed by atoms with Gasteiger partial charge in [-0.2, -0.15) is 0 Å². The van der Waals surface area contributed by atoms with Gasteiger partial charge < -0.3 is 25.2 Å². The number of aliphatic hydroxyl groups is 2. The van der Waals surface area contributed by atoms with Gasteiger partial charge in [0, 0.05) is 11.1 Å². The Labute approximate surface area is 190 Å². The summed E-state index contributed by atoms with van der Waals surface area (Å²) >= 11 is 2.59. The van der Waals surface area contributed by atoms with Gasteiger partial charge in [0.2, 0.25) is 5.75 Å². The second kappa shape index (κ2) is 8.03. The molecule has 0 radical (unpaired) electrons. The van der Waals surface area contributed by atoms with Gasteiger partial charge in [-0.25, -0.2) is 9.97 Å². The number of nitrogens with zero attached hydrogens (tertiary/aromatic N) is 2. The van der Waals surface area contributed by atoms with E-state index in [1.54, 1.807) is 0 Å². The monoisotopic (exact) mass is 466 g/mol. The summed E-state index contributed by atoms with van der Waals surface area (Å²) in [5.41, 5.74) is 1.65. The molecule has 2 heterocycles. The minimum absolute atomic E-state index is 0.0116. The Morgan fingerprint density at radius 1 is 0.750 bits per heavy atom. The van der Waals surface area contributed by atoms with Crippen LogP contribution in [0, 0.1) is 0 Å². The summed E-state index contributed by atoms with van der Waals surface area (Å²) in [7, 11) is 1.33. The number of phenolic OH excluding ortho intramolecular Hbond substituents is 2. The molecular formula is C23H18N2O5S2. The fourth-order valence-corrected chi connectivity index (χ4v) is 5.53. The quantitative estimate of drug-likeness (QED) is 0.282. The van der Waals surface area contributed by atoms with Gasteiger partial charge in [-0.05, 0) is 30.3 Å². The van der Waals surface area contributed by atoms with Gasteiger partial charge in [0.1, 0.15) is 22.2 Å². The molecule has 0 aliphatic carbocycles. The highest BCUT2D eigenvalue weighted by molar-refractivity contribution is 7.19. The smallest absolute Gasteiger partial charge is 0.201 e. The molecule has 2 aromatic heterocycles. The molecule has 0 spiro atoms. The first kappa shape index (κ1) is 20.7. The normalized spacial score (nSPS) is 13.5. The Morgan fingerprint density at radius 2 is 1.25 bits per heavy atom. The van der Waals surface area contributed by atoms with Crippen LogP contribution in [0.1, 0.15) is 33.4 Å². The maximum absolute atomic E-state index is 11.1. The van der Waals surface area contributed by atoms with E-state index >= 15 is 0 Å². The molecule has 9 heteroatoms. The first-order valence-electron chi connectivity index (χ1n) is 9.67. The summed E-state index contributed by atoms with van der Waals surface area (Å²) < 4.78 is 7.06. The number of thiazole rings is 2. The van der Waals surface area contributed by atoms with E-state index in [9.17, 15) is 20.4 Å². The largest absolute Gasteiger partial charge is 0.504 e. The molecule has 0 aliphatic rings. The van der Waals surface area contributed by atoms with Crippen LogP contribution < -0.4 is 4.74 Å². The van der Waals surface area contributed by atoms with Gasteiger partial charge in [-0.15, -0.1) is 22.7 Å². The molecule has 7 nitrogen and oxygen atoms in total. The predicted octanol–water partition coefficient (Wildman–Crippen LogP) is 4.49. The van der Waals surface area contributed by atoms with Gasteiger partial charge in [-0.1, -0.05) is 24.3 Å². The number of aromatic hydroxyl groups is 2. The van der Waals surface area contributed by atoms with Crippen LogP contribution in [0.4, 0.5) is 0 Å². The van der Waals surface area contributed by atoms with Crippen molar-refractivity contribution in [2.75, 3.05) is 7.11 Å². The molecular weight excluding hydrogens is 448 g/mol. The summed E-state index contributed by atoms with van der Waals surface area (Å²) in [6, 6.07) is 16.3. The molecule has 0 aliphatic heterocycles. The van der Waals surface area contributed by atoms with E-state index in [1.165, 1.54) is 35.8 Å². The third kappa shape index (κ3) is 3.35. The molecule has 5 rings (SSSR count). The molecule has 4 N–H and O–H groups in total. The number of rotatable bonds is 5. The first-order chi connectivity index (χ1) is 15.5. The van der Waals surface area contributed by atoms with Crippen LogP contribution in [-0.2, 0) is 0 Å². The van der Waals surface area contributed by atoms with Crippen molar-refractivity contribution in [2.45, 2.75) is 12.2 Å². The maximum Gasteiger partial charge on any atom is 0.201 e. The predicted molar refractivity (Wildman–Crippen MR) is 124 cm³/mol. The molecule has 0 bridgehead atoms. The van der Waals surface area contributed by atoms with Crippen molar-refractivity contribution in [2.24, 2.45) is 0 Å². The van der Waals surface area contributed by atoms with Crippen LogP contribution in [-0.4, -0.2) is 37.5 Å². The molecule has 3 aromatic carbocycles. The number of aliphatic hydroxyl groups excluding tert-OH is 2. The third-order valence-electron chi connectivity index (χ3n) is 5.17. The van der Waals surface area contributed by atoms with Crippen molar-refractivity contribution in [3.05, 3.63) is 75.7 Å². The van der Waals surface area contributed by atoms with E-state index in [4.69, 9.17) is 4.74 Å². The Hall–Kier alpha value is -3.24. The number of aromatic nitrogens is 2. The van der Waals surface area contributed by atoms with E-state index in [1.807, 2.05) is 48.5 Å². The summed E-state index contributed by atoms with van der Waals surface area (Å²) in [5, 5.41) is 44.0. The second-order valence-electron chi connectivity index (χ2n) is 7.13. The Morgan fingerprint density at radius 3 is 1.75 bits per heavy atom. The molecule has 0 saturated heterocycles. The number of methoxy groups -OCH3 is 1. The number of benzene rings is 3. The molecule has 2 unspecified atom stereocenters. The summed E-state index contributed by atoms with van der Waals surface area (Å²) in [6.07, 6.45) is -2.55. The second-order valence-corrected chi connectivity index (χ2v) is 9.25. The van der Waals surface area contributed by atoms with Crippen LogP contribution >= 0.6 is 22.7 Å². The minimum atomic E-state index is -1.31. The van der Waals surface area contributed by atoms with Crippen LogP contribution in [0.3, 0.4) is 0 Å². The lowest BCUT2D eigenvalue weighted by Crippen LogP contribution is -2.07. The molecule has 0 saturated carbocycles. The first-order valence-corrected chi connectivity index (χ1v) is 11.3. The van der Waals surface area contributed by atoms with E-state index in [-0.39, 0.29) is 16.9 Å². The molecule has 32 heavy (non-hydrogen) atoms. The van der Waals surface area contributed by atoms with Crippen molar-refractivity contribution >= 4 is 43.1 Å².